The molecule has 0 aliphatic rings. The molecule has 55 valence electrons. The first-order valence-corrected chi connectivity index (χ1v) is 4.82. The van der Waals surface area contributed by atoms with Gasteiger partial charge >= 0.3 is 0 Å². The fourth-order valence-electron chi connectivity index (χ4n) is 0.347. The van der Waals surface area contributed by atoms with E-state index < -0.39 is 16.4 Å². The van der Waals surface area contributed by atoms with Gasteiger partial charge in [0.25, 0.3) is 0 Å². The molecule has 0 aromatic heterocycles. The minimum Gasteiger partial charge on any atom is -0.236 e. The summed E-state index contributed by atoms with van der Waals surface area (Å²) < 4.78 is 21.1. The first-order chi connectivity index (χ1) is 4.12. The Labute approximate surface area is 59.6 Å². The summed E-state index contributed by atoms with van der Waals surface area (Å²) in [6, 6.07) is 0. The molecule has 0 saturated heterocycles. The highest BCUT2D eigenvalue weighted by atomic mass is 35.5. The highest BCUT2D eigenvalue weighted by Crippen LogP contribution is 1.90. The van der Waals surface area contributed by atoms with E-state index in [0.717, 1.165) is 0 Å². The molecule has 0 heterocycles. The van der Waals surface area contributed by atoms with Crippen LogP contribution in [0.1, 0.15) is 0 Å². The van der Waals surface area contributed by atoms with Gasteiger partial charge in [-0.3, -0.25) is 0 Å². The molecular weight excluding hydrogens is 164 g/mol. The smallest absolute Gasteiger partial charge is 0.153 e. The second kappa shape index (κ2) is 4.09. The fourth-order valence-corrected chi connectivity index (χ4v) is 1.75. The lowest BCUT2D eigenvalue weighted by Crippen LogP contribution is -2.13. The second-order valence-corrected chi connectivity index (χ2v) is 4.23. The largest absolute Gasteiger partial charge is 0.236 e. The Morgan fingerprint density at radius 2 is 1.78 bits per heavy atom. The van der Waals surface area contributed by atoms with E-state index in [1.54, 1.807) is 0 Å². The maximum atomic E-state index is 10.5. The van der Waals surface area contributed by atoms with Crippen LogP contribution in [0.15, 0.2) is 0 Å². The van der Waals surface area contributed by atoms with E-state index in [-0.39, 0.29) is 17.4 Å². The summed E-state index contributed by atoms with van der Waals surface area (Å²) >= 11 is 5.14. The number of hydrogen-bond acceptors (Lipinski definition) is 2. The molecule has 0 fully saturated rings. The Morgan fingerprint density at radius 1 is 1.22 bits per heavy atom. The molecule has 0 aromatic rings. The summed E-state index contributed by atoms with van der Waals surface area (Å²) in [6.45, 7) is -0.570. The number of halogens is 1. The number of alkyl halides is 1. The van der Waals surface area contributed by atoms with Crippen molar-refractivity contribution in [2.24, 2.45) is 0 Å². The van der Waals surface area contributed by atoms with E-state index in [1.165, 1.54) is 0 Å². The summed E-state index contributed by atoms with van der Waals surface area (Å²) in [5, 5.41) is 9.80. The van der Waals surface area contributed by atoms with Crippen LogP contribution in [0.5, 0.6) is 0 Å². The van der Waals surface area contributed by atoms with Gasteiger partial charge in [0.1, 0.15) is 0 Å². The van der Waals surface area contributed by atoms with Crippen LogP contribution in [0, 0.1) is 0 Å². The van der Waals surface area contributed by atoms with Gasteiger partial charge in [-0.2, -0.15) is 0 Å². The molecule has 0 atom stereocenters. The average Bonchev–Trinajstić information content (AvgIpc) is 1.64. The first-order valence-electron chi connectivity index (χ1n) is 2.47. The molecule has 0 aliphatic carbocycles. The monoisotopic (exact) mass is 171 g/mol. The normalized spacial score (nSPS) is 11.8. The Bertz CT molecular complexity index is 139. The number of sulfone groups is 1. The standard InChI is InChI=1S/C4H8ClO3S/c5-1-3-9(7,8)4-2-6/h1-4H2. The summed E-state index contributed by atoms with van der Waals surface area (Å²) in [5.41, 5.74) is 0. The van der Waals surface area contributed by atoms with E-state index in [2.05, 4.69) is 0 Å². The summed E-state index contributed by atoms with van der Waals surface area (Å²) in [7, 11) is -3.13. The van der Waals surface area contributed by atoms with Gasteiger partial charge in [0.15, 0.2) is 9.84 Å². The van der Waals surface area contributed by atoms with Gasteiger partial charge < -0.3 is 0 Å². The summed E-state index contributed by atoms with van der Waals surface area (Å²) in [5.74, 6) is -0.307. The summed E-state index contributed by atoms with van der Waals surface area (Å²) in [6.07, 6.45) is 0. The third kappa shape index (κ3) is 4.69. The molecule has 0 spiro atoms. The molecule has 3 nitrogen and oxygen atoms in total. The van der Waals surface area contributed by atoms with Gasteiger partial charge in [-0.05, 0) is 0 Å². The van der Waals surface area contributed by atoms with Gasteiger partial charge in [0.2, 0.25) is 0 Å². The molecule has 0 amide bonds. The highest BCUT2D eigenvalue weighted by Gasteiger charge is 2.07. The van der Waals surface area contributed by atoms with Crippen molar-refractivity contribution in [2.75, 3.05) is 24.0 Å². The highest BCUT2D eigenvalue weighted by molar-refractivity contribution is 7.91. The molecule has 1 radical (unpaired) electrons. The van der Waals surface area contributed by atoms with E-state index in [4.69, 9.17) is 11.6 Å². The Balaban J connectivity index is 3.73. The lowest BCUT2D eigenvalue weighted by atomic mass is 10.9. The molecule has 0 N–H and O–H groups in total. The minimum atomic E-state index is -3.13. The van der Waals surface area contributed by atoms with E-state index in [0.29, 0.717) is 0 Å². The third-order valence-corrected chi connectivity index (χ3v) is 2.81. The van der Waals surface area contributed by atoms with Gasteiger partial charge in [0, 0.05) is 5.88 Å². The van der Waals surface area contributed by atoms with Crippen LogP contribution in [-0.2, 0) is 14.9 Å². The molecule has 9 heavy (non-hydrogen) atoms. The lowest BCUT2D eigenvalue weighted by molar-refractivity contribution is 0.213. The van der Waals surface area contributed by atoms with E-state index in [1.807, 2.05) is 0 Å². The summed E-state index contributed by atoms with van der Waals surface area (Å²) in [4.78, 5) is 0. The fraction of sp³-hybridized carbons (Fsp3) is 1.00. The van der Waals surface area contributed by atoms with Gasteiger partial charge in [-0.25, -0.2) is 13.5 Å². The van der Waals surface area contributed by atoms with Crippen molar-refractivity contribution in [3.8, 4) is 0 Å². The Morgan fingerprint density at radius 3 is 2.11 bits per heavy atom. The molecule has 0 unspecified atom stereocenters. The SMILES string of the molecule is [O]CCS(=O)(=O)CCCl. The van der Waals surface area contributed by atoms with Gasteiger partial charge in [-0.1, -0.05) is 0 Å². The average molecular weight is 172 g/mol. The van der Waals surface area contributed by atoms with Crippen LogP contribution < -0.4 is 0 Å². The zero-order valence-corrected chi connectivity index (χ0v) is 6.41. The second-order valence-electron chi connectivity index (χ2n) is 1.54. The van der Waals surface area contributed by atoms with Crippen molar-refractivity contribution in [3.63, 3.8) is 0 Å². The van der Waals surface area contributed by atoms with Gasteiger partial charge in [0.05, 0.1) is 18.1 Å². The maximum absolute atomic E-state index is 10.5. The van der Waals surface area contributed by atoms with E-state index >= 15 is 0 Å². The molecule has 0 bridgehead atoms. The Hall–Kier alpha value is 0.200. The zero-order valence-electron chi connectivity index (χ0n) is 4.84. The lowest BCUT2D eigenvalue weighted by Gasteiger charge is -1.94. The molecule has 0 saturated carbocycles. The molecule has 0 rings (SSSR count). The molecule has 0 aromatic carbocycles. The molecule has 5 heteroatoms. The van der Waals surface area contributed by atoms with E-state index in [9.17, 15) is 13.5 Å². The quantitative estimate of drug-likeness (QED) is 0.563. The first kappa shape index (κ1) is 9.20. The predicted molar refractivity (Wildman–Crippen MR) is 34.9 cm³/mol. The topological polar surface area (TPSA) is 54.0 Å². The zero-order chi connectivity index (χ0) is 7.33. The predicted octanol–water partition coefficient (Wildman–Crippen LogP) is 0.0705. The minimum absolute atomic E-state index is 0.0718. The maximum Gasteiger partial charge on any atom is 0.153 e. The van der Waals surface area contributed by atoms with Crippen molar-refractivity contribution >= 4 is 21.4 Å². The number of hydrogen-bond donors (Lipinski definition) is 0. The van der Waals surface area contributed by atoms with Crippen LogP contribution in [0.3, 0.4) is 0 Å². The molecule has 0 aliphatic heterocycles. The number of rotatable bonds is 4. The Kier molecular flexibility index (Phi) is 4.18. The van der Waals surface area contributed by atoms with Crippen LogP contribution in [-0.4, -0.2) is 32.4 Å². The van der Waals surface area contributed by atoms with Crippen LogP contribution in [0.2, 0.25) is 0 Å². The molecular formula is C4H8ClO3S. The van der Waals surface area contributed by atoms with Crippen molar-refractivity contribution in [1.29, 1.82) is 0 Å². The van der Waals surface area contributed by atoms with Gasteiger partial charge in [-0.15, -0.1) is 11.6 Å². The van der Waals surface area contributed by atoms with Crippen LogP contribution >= 0.6 is 11.6 Å². The van der Waals surface area contributed by atoms with Crippen LogP contribution in [0.25, 0.3) is 0 Å². The van der Waals surface area contributed by atoms with Crippen LogP contribution in [0.4, 0.5) is 0 Å². The van der Waals surface area contributed by atoms with Crippen molar-refractivity contribution < 1.29 is 13.5 Å². The third-order valence-electron chi connectivity index (χ3n) is 0.782. The van der Waals surface area contributed by atoms with Crippen molar-refractivity contribution in [3.05, 3.63) is 0 Å². The van der Waals surface area contributed by atoms with Crippen molar-refractivity contribution in [1.82, 2.24) is 0 Å². The van der Waals surface area contributed by atoms with Crippen molar-refractivity contribution in [2.45, 2.75) is 0 Å².